The van der Waals surface area contributed by atoms with Gasteiger partial charge in [-0.2, -0.15) is 5.10 Å². The van der Waals surface area contributed by atoms with Crippen LogP contribution in [-0.4, -0.2) is 18.2 Å². The Morgan fingerprint density at radius 1 is 1.11 bits per heavy atom. The average Bonchev–Trinajstić information content (AvgIpc) is 2.78. The smallest absolute Gasteiger partial charge is 0.263 e. The van der Waals surface area contributed by atoms with Crippen molar-refractivity contribution < 1.29 is 8.42 Å². The lowest BCUT2D eigenvalue weighted by atomic mass is 10.1. The molecular weight excluding hydrogens is 262 g/mol. The minimum Gasteiger partial charge on any atom is -0.265 e. The molecule has 0 fully saturated rings. The lowest BCUT2D eigenvalue weighted by Gasteiger charge is -2.18. The highest BCUT2D eigenvalue weighted by atomic mass is 32.2. The number of benzene rings is 1. The molecule has 1 N–H and O–H groups in total. The van der Waals surface area contributed by atoms with Gasteiger partial charge < -0.3 is 0 Å². The summed E-state index contributed by atoms with van der Waals surface area (Å²) in [5.41, 5.74) is -0.184. The van der Waals surface area contributed by atoms with E-state index in [0.717, 1.165) is 0 Å². The average molecular weight is 279 g/mol. The molecule has 5 nitrogen and oxygen atoms in total. The zero-order chi connectivity index (χ0) is 14.1. The Kier molecular flexibility index (Phi) is 3.36. The van der Waals surface area contributed by atoms with Gasteiger partial charge in [-0.05, 0) is 32.9 Å². The van der Waals surface area contributed by atoms with Crippen molar-refractivity contribution in [3.8, 4) is 0 Å². The monoisotopic (exact) mass is 279 g/mol. The van der Waals surface area contributed by atoms with E-state index < -0.39 is 10.0 Å². The van der Waals surface area contributed by atoms with E-state index in [1.54, 1.807) is 47.3 Å². The predicted molar refractivity (Wildman–Crippen MR) is 74.5 cm³/mol. The van der Waals surface area contributed by atoms with Gasteiger partial charge >= 0.3 is 0 Å². The Hall–Kier alpha value is -1.82. The van der Waals surface area contributed by atoms with Crippen molar-refractivity contribution in [2.75, 3.05) is 4.72 Å². The highest BCUT2D eigenvalue weighted by molar-refractivity contribution is 7.92. The van der Waals surface area contributed by atoms with Crippen molar-refractivity contribution in [3.05, 3.63) is 42.6 Å². The van der Waals surface area contributed by atoms with E-state index in [2.05, 4.69) is 9.82 Å². The summed E-state index contributed by atoms with van der Waals surface area (Å²) < 4.78 is 28.4. The Balaban J connectivity index is 2.25. The number of rotatable bonds is 3. The fourth-order valence-corrected chi connectivity index (χ4v) is 2.57. The molecule has 102 valence electrons. The summed E-state index contributed by atoms with van der Waals surface area (Å²) in [4.78, 5) is 0.223. The van der Waals surface area contributed by atoms with E-state index in [1.807, 2.05) is 20.8 Å². The first kappa shape index (κ1) is 13.6. The van der Waals surface area contributed by atoms with E-state index in [1.165, 1.54) is 0 Å². The number of anilines is 1. The van der Waals surface area contributed by atoms with Crippen molar-refractivity contribution in [2.24, 2.45) is 0 Å². The number of nitrogens with one attached hydrogen (secondary N) is 1. The second-order valence-corrected chi connectivity index (χ2v) is 6.92. The number of aromatic nitrogens is 2. The lowest BCUT2D eigenvalue weighted by molar-refractivity contribution is 0.356. The third-order valence-electron chi connectivity index (χ3n) is 2.57. The number of hydrogen-bond donors (Lipinski definition) is 1. The summed E-state index contributed by atoms with van der Waals surface area (Å²) in [5.74, 6) is 0.318. The molecule has 1 heterocycles. The van der Waals surface area contributed by atoms with Gasteiger partial charge in [-0.15, -0.1) is 0 Å². The molecule has 2 aromatic rings. The van der Waals surface area contributed by atoms with Crippen LogP contribution in [0, 0.1) is 0 Å². The van der Waals surface area contributed by atoms with Crippen LogP contribution in [0.5, 0.6) is 0 Å². The van der Waals surface area contributed by atoms with Gasteiger partial charge in [-0.1, -0.05) is 18.2 Å². The first-order valence-electron chi connectivity index (χ1n) is 5.93. The van der Waals surface area contributed by atoms with E-state index in [9.17, 15) is 8.42 Å². The third-order valence-corrected chi connectivity index (χ3v) is 3.94. The van der Waals surface area contributed by atoms with Crippen molar-refractivity contribution in [2.45, 2.75) is 31.2 Å². The van der Waals surface area contributed by atoms with Crippen LogP contribution in [0.25, 0.3) is 0 Å². The molecule has 0 aliphatic heterocycles. The van der Waals surface area contributed by atoms with Crippen molar-refractivity contribution in [3.63, 3.8) is 0 Å². The van der Waals surface area contributed by atoms with E-state index in [-0.39, 0.29) is 10.4 Å². The Morgan fingerprint density at radius 2 is 1.74 bits per heavy atom. The number of nitrogens with zero attached hydrogens (tertiary/aromatic N) is 2. The first-order chi connectivity index (χ1) is 8.79. The number of sulfonamides is 1. The van der Waals surface area contributed by atoms with Gasteiger partial charge in [0.15, 0.2) is 5.82 Å². The second kappa shape index (κ2) is 4.70. The molecule has 0 aliphatic rings. The quantitative estimate of drug-likeness (QED) is 0.938. The van der Waals surface area contributed by atoms with Gasteiger partial charge in [0, 0.05) is 12.3 Å². The minimum atomic E-state index is -3.57. The van der Waals surface area contributed by atoms with Crippen LogP contribution in [0.15, 0.2) is 47.5 Å². The van der Waals surface area contributed by atoms with E-state index >= 15 is 0 Å². The number of hydrogen-bond acceptors (Lipinski definition) is 3. The molecular formula is C13H17N3O2S. The van der Waals surface area contributed by atoms with Crippen LogP contribution in [0.2, 0.25) is 0 Å². The molecule has 1 aromatic carbocycles. The third kappa shape index (κ3) is 3.14. The second-order valence-electron chi connectivity index (χ2n) is 5.23. The van der Waals surface area contributed by atoms with Crippen LogP contribution >= 0.6 is 0 Å². The molecule has 0 unspecified atom stereocenters. The molecule has 6 heteroatoms. The van der Waals surface area contributed by atoms with Crippen LogP contribution in [0.1, 0.15) is 20.8 Å². The van der Waals surface area contributed by atoms with Crippen LogP contribution < -0.4 is 4.72 Å². The molecule has 0 bridgehead atoms. The van der Waals surface area contributed by atoms with Gasteiger partial charge in [0.25, 0.3) is 10.0 Å². The molecule has 0 aliphatic carbocycles. The van der Waals surface area contributed by atoms with Crippen LogP contribution in [-0.2, 0) is 15.6 Å². The molecule has 0 spiro atoms. The molecule has 0 radical (unpaired) electrons. The van der Waals surface area contributed by atoms with Gasteiger partial charge in [-0.3, -0.25) is 9.40 Å². The maximum atomic E-state index is 12.1. The van der Waals surface area contributed by atoms with Gasteiger partial charge in [0.1, 0.15) is 0 Å². The largest absolute Gasteiger partial charge is 0.265 e. The van der Waals surface area contributed by atoms with Crippen molar-refractivity contribution in [1.29, 1.82) is 0 Å². The summed E-state index contributed by atoms with van der Waals surface area (Å²) >= 11 is 0. The summed E-state index contributed by atoms with van der Waals surface area (Å²) in [6.45, 7) is 5.99. The predicted octanol–water partition coefficient (Wildman–Crippen LogP) is 2.44. The normalized spacial score (nSPS) is 12.4. The van der Waals surface area contributed by atoms with Crippen molar-refractivity contribution >= 4 is 15.8 Å². The molecule has 19 heavy (non-hydrogen) atoms. The minimum absolute atomic E-state index is 0.184. The standard InChI is InChI=1S/C13H17N3O2S/c1-13(2,3)16-10-9-12(14-16)15-19(17,18)11-7-5-4-6-8-11/h4-10H,1-3H3,(H,14,15). The summed E-state index contributed by atoms with van der Waals surface area (Å²) in [5, 5.41) is 4.22. The zero-order valence-electron chi connectivity index (χ0n) is 11.2. The molecule has 0 atom stereocenters. The highest BCUT2D eigenvalue weighted by Crippen LogP contribution is 2.17. The Labute approximate surface area is 113 Å². The zero-order valence-corrected chi connectivity index (χ0v) is 12.0. The SMILES string of the molecule is CC(C)(C)n1ccc(NS(=O)(=O)c2ccccc2)n1. The Morgan fingerprint density at radius 3 is 2.26 bits per heavy atom. The Bertz CT molecular complexity index is 655. The molecule has 0 saturated carbocycles. The van der Waals surface area contributed by atoms with Crippen molar-refractivity contribution in [1.82, 2.24) is 9.78 Å². The van der Waals surface area contributed by atoms with Crippen LogP contribution in [0.4, 0.5) is 5.82 Å². The molecule has 2 rings (SSSR count). The van der Waals surface area contributed by atoms with Crippen LogP contribution in [0.3, 0.4) is 0 Å². The fraction of sp³-hybridized carbons (Fsp3) is 0.308. The summed E-state index contributed by atoms with van der Waals surface area (Å²) in [6.07, 6.45) is 1.75. The van der Waals surface area contributed by atoms with Gasteiger partial charge in [0.2, 0.25) is 0 Å². The molecule has 0 amide bonds. The molecule has 0 saturated heterocycles. The first-order valence-corrected chi connectivity index (χ1v) is 7.41. The summed E-state index contributed by atoms with van der Waals surface area (Å²) in [7, 11) is -3.57. The maximum Gasteiger partial charge on any atom is 0.263 e. The van der Waals surface area contributed by atoms with E-state index in [4.69, 9.17) is 0 Å². The van der Waals surface area contributed by atoms with Gasteiger partial charge in [-0.25, -0.2) is 8.42 Å². The fourth-order valence-electron chi connectivity index (χ4n) is 1.55. The van der Waals surface area contributed by atoms with Gasteiger partial charge in [0.05, 0.1) is 10.4 Å². The van der Waals surface area contributed by atoms with E-state index in [0.29, 0.717) is 5.82 Å². The summed E-state index contributed by atoms with van der Waals surface area (Å²) in [6, 6.07) is 9.87. The topological polar surface area (TPSA) is 64.0 Å². The molecule has 1 aromatic heterocycles. The highest BCUT2D eigenvalue weighted by Gasteiger charge is 2.18. The lowest BCUT2D eigenvalue weighted by Crippen LogP contribution is -2.22. The maximum absolute atomic E-state index is 12.1.